The molecule has 0 aliphatic heterocycles. The zero-order valence-electron chi connectivity index (χ0n) is 11.7. The summed E-state index contributed by atoms with van der Waals surface area (Å²) in [5, 5.41) is 11.8. The van der Waals surface area contributed by atoms with E-state index in [0.717, 1.165) is 12.0 Å². The number of anilines is 1. The standard InChI is InChI=1S/C13H19N5O2/c1-3-20-12-8-10(7-11(14)9-12)13-15-16-17-18(13)5-4-6-19-2/h7-9H,3-6,14H2,1-2H3. The van der Waals surface area contributed by atoms with Crippen LogP contribution in [0.5, 0.6) is 5.75 Å². The molecule has 1 aromatic heterocycles. The molecule has 2 N–H and O–H groups in total. The molecule has 1 heterocycles. The summed E-state index contributed by atoms with van der Waals surface area (Å²) in [5.41, 5.74) is 7.36. The van der Waals surface area contributed by atoms with Crippen LogP contribution in [0.15, 0.2) is 18.2 Å². The lowest BCUT2D eigenvalue weighted by atomic mass is 10.1. The molecule has 1 aromatic carbocycles. The van der Waals surface area contributed by atoms with Gasteiger partial charge in [-0.2, -0.15) is 0 Å². The van der Waals surface area contributed by atoms with Crippen LogP contribution < -0.4 is 10.5 Å². The molecule has 0 saturated carbocycles. The summed E-state index contributed by atoms with van der Waals surface area (Å²) < 4.78 is 12.3. The van der Waals surface area contributed by atoms with E-state index in [4.69, 9.17) is 15.2 Å². The number of nitrogen functional groups attached to an aromatic ring is 1. The van der Waals surface area contributed by atoms with E-state index in [1.807, 2.05) is 19.1 Å². The first kappa shape index (κ1) is 14.3. The van der Waals surface area contributed by atoms with Gasteiger partial charge in [0.25, 0.3) is 0 Å². The van der Waals surface area contributed by atoms with Crippen LogP contribution >= 0.6 is 0 Å². The second-order valence-electron chi connectivity index (χ2n) is 4.30. The molecule has 108 valence electrons. The molecule has 0 saturated heterocycles. The van der Waals surface area contributed by atoms with Gasteiger partial charge in [-0.1, -0.05) is 0 Å². The largest absolute Gasteiger partial charge is 0.494 e. The zero-order valence-corrected chi connectivity index (χ0v) is 11.7. The van der Waals surface area contributed by atoms with Gasteiger partial charge in [0.05, 0.1) is 6.61 Å². The maximum Gasteiger partial charge on any atom is 0.182 e. The van der Waals surface area contributed by atoms with Gasteiger partial charge in [0, 0.05) is 37.6 Å². The fourth-order valence-corrected chi connectivity index (χ4v) is 1.92. The molecule has 0 fully saturated rings. The molecule has 0 radical (unpaired) electrons. The van der Waals surface area contributed by atoms with Crippen LogP contribution in [0.2, 0.25) is 0 Å². The lowest BCUT2D eigenvalue weighted by molar-refractivity contribution is 0.189. The summed E-state index contributed by atoms with van der Waals surface area (Å²) in [4.78, 5) is 0. The van der Waals surface area contributed by atoms with Gasteiger partial charge in [-0.05, 0) is 35.9 Å². The summed E-state index contributed by atoms with van der Waals surface area (Å²) in [6, 6.07) is 5.51. The lowest BCUT2D eigenvalue weighted by Gasteiger charge is -2.08. The van der Waals surface area contributed by atoms with Crippen LogP contribution in [0.4, 0.5) is 5.69 Å². The van der Waals surface area contributed by atoms with E-state index in [-0.39, 0.29) is 0 Å². The SMILES string of the molecule is CCOc1cc(N)cc(-c2nnnn2CCCOC)c1. The van der Waals surface area contributed by atoms with Gasteiger partial charge < -0.3 is 15.2 Å². The highest BCUT2D eigenvalue weighted by Crippen LogP contribution is 2.25. The van der Waals surface area contributed by atoms with E-state index in [2.05, 4.69) is 15.5 Å². The Bertz CT molecular complexity index is 555. The van der Waals surface area contributed by atoms with Crippen molar-refractivity contribution in [2.24, 2.45) is 0 Å². The Morgan fingerprint density at radius 1 is 1.30 bits per heavy atom. The molecule has 7 nitrogen and oxygen atoms in total. The van der Waals surface area contributed by atoms with Gasteiger partial charge in [-0.15, -0.1) is 5.10 Å². The molecule has 0 amide bonds. The predicted molar refractivity (Wildman–Crippen MR) is 75.3 cm³/mol. The highest BCUT2D eigenvalue weighted by Gasteiger charge is 2.11. The third kappa shape index (κ3) is 3.45. The quantitative estimate of drug-likeness (QED) is 0.607. The number of benzene rings is 1. The van der Waals surface area contributed by atoms with Crippen LogP contribution in [0, 0.1) is 0 Å². The smallest absolute Gasteiger partial charge is 0.182 e. The highest BCUT2D eigenvalue weighted by atomic mass is 16.5. The van der Waals surface area contributed by atoms with Gasteiger partial charge in [-0.25, -0.2) is 4.68 Å². The van der Waals surface area contributed by atoms with Crippen molar-refractivity contribution in [3.63, 3.8) is 0 Å². The van der Waals surface area contributed by atoms with Crippen LogP contribution in [0.3, 0.4) is 0 Å². The fraction of sp³-hybridized carbons (Fsp3) is 0.462. The molecule has 0 aliphatic rings. The highest BCUT2D eigenvalue weighted by molar-refractivity contribution is 5.64. The zero-order chi connectivity index (χ0) is 14.4. The lowest BCUT2D eigenvalue weighted by Crippen LogP contribution is -2.06. The topological polar surface area (TPSA) is 88.1 Å². The minimum atomic E-state index is 0.585. The monoisotopic (exact) mass is 277 g/mol. The summed E-state index contributed by atoms with van der Waals surface area (Å²) in [6.07, 6.45) is 0.842. The van der Waals surface area contributed by atoms with Crippen LogP contribution in [-0.4, -0.2) is 40.5 Å². The van der Waals surface area contributed by atoms with Gasteiger partial charge in [0.2, 0.25) is 0 Å². The number of hydrogen-bond acceptors (Lipinski definition) is 6. The number of methoxy groups -OCH3 is 1. The van der Waals surface area contributed by atoms with Crippen molar-refractivity contribution in [3.8, 4) is 17.1 Å². The minimum absolute atomic E-state index is 0.585. The summed E-state index contributed by atoms with van der Waals surface area (Å²) in [5.74, 6) is 1.39. The Morgan fingerprint density at radius 3 is 2.90 bits per heavy atom. The van der Waals surface area contributed by atoms with Crippen LogP contribution in [0.1, 0.15) is 13.3 Å². The molecule has 0 unspecified atom stereocenters. The summed E-state index contributed by atoms with van der Waals surface area (Å²) in [6.45, 7) is 3.87. The van der Waals surface area contributed by atoms with E-state index >= 15 is 0 Å². The average Bonchev–Trinajstić information content (AvgIpc) is 2.87. The number of nitrogens with zero attached hydrogens (tertiary/aromatic N) is 4. The summed E-state index contributed by atoms with van der Waals surface area (Å²) in [7, 11) is 1.67. The van der Waals surface area contributed by atoms with Crippen molar-refractivity contribution < 1.29 is 9.47 Å². The van der Waals surface area contributed by atoms with Crippen molar-refractivity contribution in [2.75, 3.05) is 26.1 Å². The summed E-state index contributed by atoms with van der Waals surface area (Å²) >= 11 is 0. The number of aryl methyl sites for hydroxylation is 1. The van der Waals surface area contributed by atoms with E-state index in [9.17, 15) is 0 Å². The Hall–Kier alpha value is -2.15. The molecular weight excluding hydrogens is 258 g/mol. The predicted octanol–water partition coefficient (Wildman–Crippen LogP) is 1.36. The maximum absolute atomic E-state index is 5.89. The van der Waals surface area contributed by atoms with E-state index < -0.39 is 0 Å². The van der Waals surface area contributed by atoms with Crippen molar-refractivity contribution in [2.45, 2.75) is 19.9 Å². The molecule has 2 rings (SSSR count). The third-order valence-electron chi connectivity index (χ3n) is 2.75. The van der Waals surface area contributed by atoms with Gasteiger partial charge >= 0.3 is 0 Å². The number of aromatic nitrogens is 4. The Kier molecular flexibility index (Phi) is 4.89. The Morgan fingerprint density at radius 2 is 2.15 bits per heavy atom. The van der Waals surface area contributed by atoms with Crippen molar-refractivity contribution in [1.82, 2.24) is 20.2 Å². The molecular formula is C13H19N5O2. The van der Waals surface area contributed by atoms with E-state index in [1.165, 1.54) is 0 Å². The normalized spacial score (nSPS) is 10.7. The van der Waals surface area contributed by atoms with E-state index in [1.54, 1.807) is 17.9 Å². The van der Waals surface area contributed by atoms with Crippen molar-refractivity contribution >= 4 is 5.69 Å². The van der Waals surface area contributed by atoms with Gasteiger partial charge in [0.1, 0.15) is 5.75 Å². The number of ether oxygens (including phenoxy) is 2. The molecule has 0 bridgehead atoms. The molecule has 0 spiro atoms. The van der Waals surface area contributed by atoms with Gasteiger partial charge in [-0.3, -0.25) is 0 Å². The first-order valence-corrected chi connectivity index (χ1v) is 6.53. The average molecular weight is 277 g/mol. The van der Waals surface area contributed by atoms with Crippen LogP contribution in [0.25, 0.3) is 11.4 Å². The molecule has 2 aromatic rings. The van der Waals surface area contributed by atoms with Crippen molar-refractivity contribution in [3.05, 3.63) is 18.2 Å². The first-order chi connectivity index (χ1) is 9.74. The number of hydrogen-bond donors (Lipinski definition) is 1. The molecule has 0 atom stereocenters. The molecule has 20 heavy (non-hydrogen) atoms. The first-order valence-electron chi connectivity index (χ1n) is 6.53. The number of tetrazole rings is 1. The van der Waals surface area contributed by atoms with Gasteiger partial charge in [0.15, 0.2) is 5.82 Å². The number of rotatable bonds is 7. The second-order valence-corrected chi connectivity index (χ2v) is 4.30. The maximum atomic E-state index is 5.89. The van der Waals surface area contributed by atoms with E-state index in [0.29, 0.717) is 37.0 Å². The van der Waals surface area contributed by atoms with Crippen LogP contribution in [-0.2, 0) is 11.3 Å². The van der Waals surface area contributed by atoms with Crippen molar-refractivity contribution in [1.29, 1.82) is 0 Å². The third-order valence-corrected chi connectivity index (χ3v) is 2.75. The second kappa shape index (κ2) is 6.85. The number of nitrogens with two attached hydrogens (primary N) is 1. The molecule has 7 heteroatoms. The fourth-order valence-electron chi connectivity index (χ4n) is 1.92. The Labute approximate surface area is 117 Å². The minimum Gasteiger partial charge on any atom is -0.494 e. The Balaban J connectivity index is 2.24. The molecule has 0 aliphatic carbocycles.